The molecule has 3 N–H and O–H groups in total. The molecule has 0 fully saturated rings. The maximum absolute atomic E-state index is 12.6. The number of nitrogens with two attached hydrogens (primary N) is 1. The minimum Gasteiger partial charge on any atom is -0.490 e. The first-order valence-electron chi connectivity index (χ1n) is 6.57. The van der Waals surface area contributed by atoms with Crippen molar-refractivity contribution in [2.45, 2.75) is 13.5 Å². The van der Waals surface area contributed by atoms with Crippen LogP contribution in [0.25, 0.3) is 0 Å². The largest absolute Gasteiger partial charge is 0.490 e. The van der Waals surface area contributed by atoms with Crippen LogP contribution in [-0.4, -0.2) is 24.0 Å². The molecule has 0 bridgehead atoms. The number of hydrogen-bond acceptors (Lipinski definition) is 5. The molecular formula is C14H15N3O3S. The number of nitrogens with zero attached hydrogens (tertiary/aromatic N) is 1. The third-order valence-electron chi connectivity index (χ3n) is 3.41. The van der Waals surface area contributed by atoms with Crippen LogP contribution < -0.4 is 20.2 Å². The lowest BCUT2D eigenvalue weighted by molar-refractivity contribution is 0.0971. The third kappa shape index (κ3) is 2.45. The monoisotopic (exact) mass is 305 g/mol. The van der Waals surface area contributed by atoms with Crippen LogP contribution in [0, 0.1) is 6.92 Å². The number of hydrogen-bond donors (Lipinski definition) is 2. The van der Waals surface area contributed by atoms with Gasteiger partial charge >= 0.3 is 4.87 Å². The predicted octanol–water partition coefficient (Wildman–Crippen LogP) is 1.24. The molecule has 1 aliphatic rings. The molecule has 3 rings (SSSR count). The summed E-state index contributed by atoms with van der Waals surface area (Å²) >= 11 is 1.04. The smallest absolute Gasteiger partial charge is 0.305 e. The number of aromatic amines is 1. The molecule has 0 aliphatic carbocycles. The normalized spacial score (nSPS) is 13.7. The van der Waals surface area contributed by atoms with E-state index in [1.54, 1.807) is 11.8 Å². The maximum Gasteiger partial charge on any atom is 0.305 e. The average molecular weight is 305 g/mol. The molecule has 2 aromatic rings. The van der Waals surface area contributed by atoms with Crippen LogP contribution in [0.5, 0.6) is 5.75 Å². The average Bonchev–Trinajstić information content (AvgIpc) is 2.84. The van der Waals surface area contributed by atoms with Crippen molar-refractivity contribution in [2.75, 3.05) is 18.1 Å². The van der Waals surface area contributed by atoms with Gasteiger partial charge in [-0.05, 0) is 24.6 Å². The van der Waals surface area contributed by atoms with E-state index < -0.39 is 0 Å². The van der Waals surface area contributed by atoms with Crippen LogP contribution in [0.2, 0.25) is 0 Å². The lowest BCUT2D eigenvalue weighted by atomic mass is 10.1. The number of benzene rings is 1. The highest BCUT2D eigenvalue weighted by Crippen LogP contribution is 2.33. The number of anilines is 1. The van der Waals surface area contributed by atoms with Crippen molar-refractivity contribution in [3.63, 3.8) is 0 Å². The second-order valence-corrected chi connectivity index (χ2v) is 5.94. The standard InChI is InChI=1S/C14H15N3O3S/c1-8-12(16-14(19)21-8)13(18)17-4-5-20-11-6-9(7-15)2-3-10(11)17/h2-3,6H,4-5,7,15H2,1H3,(H,16,19). The first-order valence-corrected chi connectivity index (χ1v) is 7.39. The molecule has 0 spiro atoms. The van der Waals surface area contributed by atoms with Gasteiger partial charge < -0.3 is 20.4 Å². The van der Waals surface area contributed by atoms with Gasteiger partial charge in [-0.15, -0.1) is 0 Å². The lowest BCUT2D eigenvalue weighted by Crippen LogP contribution is -2.38. The number of carbonyl (C=O) groups is 1. The zero-order valence-corrected chi connectivity index (χ0v) is 12.3. The number of aryl methyl sites for hydroxylation is 1. The fraction of sp³-hybridized carbons (Fsp3) is 0.286. The molecule has 1 aromatic carbocycles. The summed E-state index contributed by atoms with van der Waals surface area (Å²) in [4.78, 5) is 28.7. The number of carbonyl (C=O) groups excluding carboxylic acids is 1. The predicted molar refractivity (Wildman–Crippen MR) is 81.2 cm³/mol. The van der Waals surface area contributed by atoms with Crippen molar-refractivity contribution in [1.29, 1.82) is 0 Å². The summed E-state index contributed by atoms with van der Waals surface area (Å²) in [5.74, 6) is 0.434. The number of ether oxygens (including phenoxy) is 1. The molecule has 2 heterocycles. The summed E-state index contributed by atoms with van der Waals surface area (Å²) in [6, 6.07) is 5.55. The van der Waals surface area contributed by atoms with Crippen LogP contribution >= 0.6 is 11.3 Å². The van der Waals surface area contributed by atoms with Gasteiger partial charge in [0.25, 0.3) is 5.91 Å². The van der Waals surface area contributed by atoms with E-state index in [0.717, 1.165) is 16.9 Å². The zero-order valence-electron chi connectivity index (χ0n) is 11.5. The molecule has 6 nitrogen and oxygen atoms in total. The number of aromatic nitrogens is 1. The zero-order chi connectivity index (χ0) is 15.0. The second kappa shape index (κ2) is 5.34. The molecule has 7 heteroatoms. The van der Waals surface area contributed by atoms with E-state index in [9.17, 15) is 9.59 Å². The Labute approximate surface area is 125 Å². The fourth-order valence-corrected chi connectivity index (χ4v) is 3.02. The molecule has 1 amide bonds. The number of thiazole rings is 1. The van der Waals surface area contributed by atoms with Crippen molar-refractivity contribution in [2.24, 2.45) is 5.73 Å². The highest BCUT2D eigenvalue weighted by molar-refractivity contribution is 7.09. The molecule has 0 radical (unpaired) electrons. The summed E-state index contributed by atoms with van der Waals surface area (Å²) in [6.07, 6.45) is 0. The first kappa shape index (κ1) is 13.8. The summed E-state index contributed by atoms with van der Waals surface area (Å²) < 4.78 is 5.60. The molecule has 0 atom stereocenters. The Hall–Kier alpha value is -2.12. The van der Waals surface area contributed by atoms with Crippen molar-refractivity contribution in [3.8, 4) is 5.75 Å². The number of rotatable bonds is 2. The molecule has 1 aromatic heterocycles. The van der Waals surface area contributed by atoms with Crippen LogP contribution in [-0.2, 0) is 6.54 Å². The Morgan fingerprint density at radius 1 is 1.52 bits per heavy atom. The van der Waals surface area contributed by atoms with Crippen molar-refractivity contribution >= 4 is 22.9 Å². The van der Waals surface area contributed by atoms with E-state index in [4.69, 9.17) is 10.5 Å². The number of fused-ring (bicyclic) bond motifs is 1. The second-order valence-electron chi connectivity index (χ2n) is 4.76. The van der Waals surface area contributed by atoms with Crippen LogP contribution in [0.1, 0.15) is 20.9 Å². The minimum absolute atomic E-state index is 0.212. The molecule has 1 aliphatic heterocycles. The minimum atomic E-state index is -0.220. The number of nitrogens with one attached hydrogen (secondary N) is 1. The van der Waals surface area contributed by atoms with Gasteiger partial charge in [-0.3, -0.25) is 9.59 Å². The molecule has 0 unspecified atom stereocenters. The van der Waals surface area contributed by atoms with Gasteiger partial charge in [-0.25, -0.2) is 0 Å². The molecule has 110 valence electrons. The Kier molecular flexibility index (Phi) is 3.52. The third-order valence-corrected chi connectivity index (χ3v) is 4.20. The van der Waals surface area contributed by atoms with Crippen LogP contribution in [0.4, 0.5) is 5.69 Å². The van der Waals surface area contributed by atoms with Crippen molar-refractivity contribution in [1.82, 2.24) is 4.98 Å². The Balaban J connectivity index is 2.00. The molecule has 21 heavy (non-hydrogen) atoms. The van der Waals surface area contributed by atoms with Crippen molar-refractivity contribution < 1.29 is 9.53 Å². The Morgan fingerprint density at radius 3 is 3.00 bits per heavy atom. The van der Waals surface area contributed by atoms with Crippen molar-refractivity contribution in [3.05, 3.63) is 44.0 Å². The lowest BCUT2D eigenvalue weighted by Gasteiger charge is -2.29. The van der Waals surface area contributed by atoms with Crippen LogP contribution in [0.15, 0.2) is 23.0 Å². The highest BCUT2D eigenvalue weighted by atomic mass is 32.1. The molecule has 0 saturated carbocycles. The number of amides is 1. The highest BCUT2D eigenvalue weighted by Gasteiger charge is 2.27. The van der Waals surface area contributed by atoms with E-state index >= 15 is 0 Å². The van der Waals surface area contributed by atoms with Gasteiger partial charge in [0.1, 0.15) is 18.1 Å². The maximum atomic E-state index is 12.6. The van der Waals surface area contributed by atoms with E-state index in [0.29, 0.717) is 41.7 Å². The fourth-order valence-electron chi connectivity index (χ4n) is 2.35. The van der Waals surface area contributed by atoms with Gasteiger partial charge in [-0.1, -0.05) is 17.4 Å². The van der Waals surface area contributed by atoms with Gasteiger partial charge in [0.05, 0.1) is 12.2 Å². The quantitative estimate of drug-likeness (QED) is 0.874. The Bertz CT molecular complexity index is 750. The van der Waals surface area contributed by atoms with Gasteiger partial charge in [0.15, 0.2) is 0 Å². The van der Waals surface area contributed by atoms with Gasteiger partial charge in [0, 0.05) is 11.4 Å². The summed E-state index contributed by atoms with van der Waals surface area (Å²) in [5.41, 5.74) is 7.62. The SMILES string of the molecule is Cc1sc(=O)[nH]c1C(=O)N1CCOc2cc(CN)ccc21. The molecule has 0 saturated heterocycles. The Morgan fingerprint density at radius 2 is 2.33 bits per heavy atom. The van der Waals surface area contributed by atoms with Gasteiger partial charge in [0.2, 0.25) is 0 Å². The topological polar surface area (TPSA) is 88.4 Å². The number of H-pyrrole nitrogens is 1. The van der Waals surface area contributed by atoms with Gasteiger partial charge in [-0.2, -0.15) is 0 Å². The molecular weight excluding hydrogens is 290 g/mol. The van der Waals surface area contributed by atoms with E-state index in [1.807, 2.05) is 18.2 Å². The first-order chi connectivity index (χ1) is 10.1. The van der Waals surface area contributed by atoms with Crippen LogP contribution in [0.3, 0.4) is 0 Å². The van der Waals surface area contributed by atoms with E-state index in [2.05, 4.69) is 4.98 Å². The summed E-state index contributed by atoms with van der Waals surface area (Å²) in [7, 11) is 0. The van der Waals surface area contributed by atoms with E-state index in [1.165, 1.54) is 0 Å². The van der Waals surface area contributed by atoms with E-state index in [-0.39, 0.29) is 10.8 Å². The summed E-state index contributed by atoms with van der Waals surface area (Å²) in [6.45, 7) is 3.04. The summed E-state index contributed by atoms with van der Waals surface area (Å²) in [5, 5.41) is 0.